The van der Waals surface area contributed by atoms with E-state index in [-0.39, 0.29) is 29.9 Å². The maximum atomic E-state index is 11.2. The summed E-state index contributed by atoms with van der Waals surface area (Å²) in [5.74, 6) is 1.02. The van der Waals surface area contributed by atoms with Gasteiger partial charge in [0.2, 0.25) is 5.91 Å². The molecular weight excluding hydrogens is 487 g/mol. The zero-order valence-corrected chi connectivity index (χ0v) is 19.3. The van der Waals surface area contributed by atoms with Gasteiger partial charge in [-0.3, -0.25) is 9.79 Å². The number of carbonyl (C=O) groups excluding carboxylic acids is 1. The van der Waals surface area contributed by atoms with E-state index in [1.807, 2.05) is 18.2 Å². The normalized spacial score (nSPS) is 17.2. The number of amides is 1. The molecule has 1 aromatic carbocycles. The zero-order chi connectivity index (χ0) is 19.1. The number of aromatic nitrogens is 1. The molecule has 1 amide bonds. The minimum absolute atomic E-state index is 0. The van der Waals surface area contributed by atoms with E-state index in [9.17, 15) is 4.79 Å². The summed E-state index contributed by atoms with van der Waals surface area (Å²) in [7, 11) is 0. The summed E-state index contributed by atoms with van der Waals surface area (Å²) in [4.78, 5) is 22.8. The van der Waals surface area contributed by atoms with E-state index >= 15 is 0 Å². The van der Waals surface area contributed by atoms with Gasteiger partial charge in [0.05, 0.1) is 16.8 Å². The number of para-hydroxylation sites is 1. The van der Waals surface area contributed by atoms with Crippen molar-refractivity contribution in [1.29, 1.82) is 0 Å². The molecule has 2 heterocycles. The number of nitrogens with one attached hydrogen (secondary N) is 2. The second-order valence-electron chi connectivity index (χ2n) is 6.77. The van der Waals surface area contributed by atoms with E-state index in [1.165, 1.54) is 4.70 Å². The summed E-state index contributed by atoms with van der Waals surface area (Å²) in [5.41, 5.74) is 6.39. The van der Waals surface area contributed by atoms with Gasteiger partial charge < -0.3 is 21.3 Å². The zero-order valence-electron chi connectivity index (χ0n) is 16.2. The number of hydrogen-bond donors (Lipinski definition) is 3. The van der Waals surface area contributed by atoms with Crippen molar-refractivity contribution in [3.05, 3.63) is 24.3 Å². The van der Waals surface area contributed by atoms with Gasteiger partial charge in [0, 0.05) is 32.6 Å². The molecule has 1 aliphatic heterocycles. The van der Waals surface area contributed by atoms with E-state index in [0.29, 0.717) is 18.9 Å². The second kappa shape index (κ2) is 11.4. The van der Waals surface area contributed by atoms with Gasteiger partial charge in [-0.2, -0.15) is 0 Å². The van der Waals surface area contributed by atoms with Crippen molar-refractivity contribution in [3.8, 4) is 0 Å². The number of guanidine groups is 1. The van der Waals surface area contributed by atoms with Crippen LogP contribution in [0.25, 0.3) is 10.2 Å². The van der Waals surface area contributed by atoms with Crippen LogP contribution >= 0.6 is 35.3 Å². The predicted molar refractivity (Wildman–Crippen MR) is 128 cm³/mol. The first-order valence-electron chi connectivity index (χ1n) is 9.56. The first kappa shape index (κ1) is 22.7. The molecule has 0 radical (unpaired) electrons. The molecule has 28 heavy (non-hydrogen) atoms. The molecule has 1 aromatic heterocycles. The number of aliphatic imine (C=N–C) groups is 1. The van der Waals surface area contributed by atoms with Gasteiger partial charge in [0.15, 0.2) is 11.1 Å². The number of fused-ring (bicyclic) bond motifs is 1. The van der Waals surface area contributed by atoms with Crippen LogP contribution in [0.5, 0.6) is 0 Å². The van der Waals surface area contributed by atoms with Gasteiger partial charge in [-0.15, -0.1) is 24.0 Å². The maximum absolute atomic E-state index is 11.2. The minimum atomic E-state index is -0.219. The van der Waals surface area contributed by atoms with Crippen LogP contribution in [0.4, 0.5) is 5.13 Å². The largest absolute Gasteiger partial charge is 0.370 e. The molecule has 0 saturated carbocycles. The Balaban J connectivity index is 0.00000280. The Labute approximate surface area is 187 Å². The fraction of sp³-hybridized carbons (Fsp3) is 0.526. The van der Waals surface area contributed by atoms with Crippen molar-refractivity contribution in [3.63, 3.8) is 0 Å². The number of likely N-dealkylation sites (tertiary alicyclic amines) is 1. The van der Waals surface area contributed by atoms with Crippen molar-refractivity contribution >= 4 is 62.5 Å². The molecule has 9 heteroatoms. The lowest BCUT2D eigenvalue weighted by molar-refractivity contribution is -0.119. The molecule has 1 atom stereocenters. The SMILES string of the molecule is CCNC(=NCCNc1nc2ccccc2s1)N1CCCC(CC(N)=O)C1.I. The van der Waals surface area contributed by atoms with E-state index < -0.39 is 0 Å². The summed E-state index contributed by atoms with van der Waals surface area (Å²) in [5, 5.41) is 7.65. The Morgan fingerprint density at radius 1 is 1.43 bits per heavy atom. The van der Waals surface area contributed by atoms with Crippen LogP contribution in [0.3, 0.4) is 0 Å². The van der Waals surface area contributed by atoms with Crippen molar-refractivity contribution in [2.75, 3.05) is 38.0 Å². The Bertz CT molecular complexity index is 763. The Kier molecular flexibility index (Phi) is 9.23. The molecule has 1 unspecified atom stereocenters. The fourth-order valence-electron chi connectivity index (χ4n) is 3.41. The van der Waals surface area contributed by atoms with Gasteiger partial charge in [-0.05, 0) is 37.8 Å². The van der Waals surface area contributed by atoms with E-state index in [1.54, 1.807) is 11.3 Å². The lowest BCUT2D eigenvalue weighted by Crippen LogP contribution is -2.47. The quantitative estimate of drug-likeness (QED) is 0.228. The number of anilines is 1. The van der Waals surface area contributed by atoms with Gasteiger partial charge in [-0.1, -0.05) is 23.5 Å². The van der Waals surface area contributed by atoms with Crippen molar-refractivity contribution in [2.24, 2.45) is 16.6 Å². The van der Waals surface area contributed by atoms with Crippen LogP contribution in [0.15, 0.2) is 29.3 Å². The van der Waals surface area contributed by atoms with E-state index in [4.69, 9.17) is 10.7 Å². The molecule has 0 aliphatic carbocycles. The highest BCUT2D eigenvalue weighted by Crippen LogP contribution is 2.25. The number of benzene rings is 1. The number of hydrogen-bond acceptors (Lipinski definition) is 5. The fourth-order valence-corrected chi connectivity index (χ4v) is 4.30. The van der Waals surface area contributed by atoms with Crippen molar-refractivity contribution < 1.29 is 4.79 Å². The highest BCUT2D eigenvalue weighted by atomic mass is 127. The Morgan fingerprint density at radius 2 is 2.25 bits per heavy atom. The standard InChI is InChI=1S/C19H28N6OS.HI/c1-2-21-18(25-11-5-6-14(13-25)12-17(20)26)22-9-10-23-19-24-15-7-3-4-8-16(15)27-19;/h3-4,7-8,14H,2,5-6,9-13H2,1H3,(H2,20,26)(H,21,22)(H,23,24);1H. The molecule has 1 aliphatic rings. The molecule has 0 bridgehead atoms. The topological polar surface area (TPSA) is 95.6 Å². The van der Waals surface area contributed by atoms with Crippen LogP contribution in [0.2, 0.25) is 0 Å². The van der Waals surface area contributed by atoms with Crippen LogP contribution in [-0.2, 0) is 4.79 Å². The minimum Gasteiger partial charge on any atom is -0.370 e. The second-order valence-corrected chi connectivity index (χ2v) is 7.80. The third-order valence-electron chi connectivity index (χ3n) is 4.59. The lowest BCUT2D eigenvalue weighted by Gasteiger charge is -2.34. The van der Waals surface area contributed by atoms with Crippen LogP contribution in [0.1, 0.15) is 26.2 Å². The van der Waals surface area contributed by atoms with E-state index in [2.05, 4.69) is 33.5 Å². The first-order chi connectivity index (χ1) is 13.2. The molecular formula is C19H29IN6OS. The molecule has 1 fully saturated rings. The first-order valence-corrected chi connectivity index (χ1v) is 10.4. The Morgan fingerprint density at radius 3 is 3.00 bits per heavy atom. The monoisotopic (exact) mass is 516 g/mol. The molecule has 4 N–H and O–H groups in total. The maximum Gasteiger partial charge on any atom is 0.217 e. The van der Waals surface area contributed by atoms with Crippen LogP contribution in [-0.4, -0.2) is 54.5 Å². The van der Waals surface area contributed by atoms with E-state index in [0.717, 1.165) is 55.6 Å². The third kappa shape index (κ3) is 6.47. The number of piperidine rings is 1. The summed E-state index contributed by atoms with van der Waals surface area (Å²) in [6.07, 6.45) is 2.57. The number of thiazole rings is 1. The lowest BCUT2D eigenvalue weighted by atomic mass is 9.95. The van der Waals surface area contributed by atoms with Crippen molar-refractivity contribution in [1.82, 2.24) is 15.2 Å². The van der Waals surface area contributed by atoms with Gasteiger partial charge in [0.1, 0.15) is 0 Å². The highest BCUT2D eigenvalue weighted by molar-refractivity contribution is 14.0. The average molecular weight is 516 g/mol. The van der Waals surface area contributed by atoms with Gasteiger partial charge >= 0.3 is 0 Å². The average Bonchev–Trinajstić information content (AvgIpc) is 3.07. The third-order valence-corrected chi connectivity index (χ3v) is 5.58. The van der Waals surface area contributed by atoms with Gasteiger partial charge in [0.25, 0.3) is 0 Å². The van der Waals surface area contributed by atoms with Crippen LogP contribution in [0, 0.1) is 5.92 Å². The smallest absolute Gasteiger partial charge is 0.217 e. The Hall–Kier alpha value is -1.62. The number of rotatable bonds is 7. The summed E-state index contributed by atoms with van der Waals surface area (Å²) in [6.45, 7) is 6.08. The summed E-state index contributed by atoms with van der Waals surface area (Å²) in [6, 6.07) is 8.14. The van der Waals surface area contributed by atoms with Crippen molar-refractivity contribution in [2.45, 2.75) is 26.2 Å². The summed E-state index contributed by atoms with van der Waals surface area (Å²) < 4.78 is 1.19. The molecule has 3 rings (SSSR count). The predicted octanol–water partition coefficient (Wildman–Crippen LogP) is 2.88. The number of primary amides is 1. The number of nitrogens with zero attached hydrogens (tertiary/aromatic N) is 3. The number of halogens is 1. The summed E-state index contributed by atoms with van der Waals surface area (Å²) >= 11 is 1.66. The number of nitrogens with two attached hydrogens (primary N) is 1. The molecule has 1 saturated heterocycles. The number of carbonyl (C=O) groups is 1. The van der Waals surface area contributed by atoms with Crippen LogP contribution < -0.4 is 16.4 Å². The molecule has 0 spiro atoms. The molecule has 2 aromatic rings. The molecule has 7 nitrogen and oxygen atoms in total. The highest BCUT2D eigenvalue weighted by Gasteiger charge is 2.23. The molecule has 154 valence electrons. The van der Waals surface area contributed by atoms with Gasteiger partial charge in [-0.25, -0.2) is 4.98 Å².